The molecule has 0 saturated heterocycles. The molecule has 0 spiro atoms. The first-order valence-corrected chi connectivity index (χ1v) is 6.83. The third kappa shape index (κ3) is 2.81. The number of hydrogen-bond acceptors (Lipinski definition) is 3. The fourth-order valence-corrected chi connectivity index (χ4v) is 2.22. The van der Waals surface area contributed by atoms with E-state index < -0.39 is 5.91 Å². The summed E-state index contributed by atoms with van der Waals surface area (Å²) in [4.78, 5) is 15.8. The van der Waals surface area contributed by atoms with Crippen LogP contribution in [0, 0.1) is 0 Å². The number of primary amides is 1. The first-order valence-electron chi connectivity index (χ1n) is 6.83. The molecule has 22 heavy (non-hydrogen) atoms. The van der Waals surface area contributed by atoms with E-state index in [1.165, 1.54) is 6.20 Å². The monoisotopic (exact) mass is 290 g/mol. The van der Waals surface area contributed by atoms with Crippen LogP contribution in [-0.2, 0) is 0 Å². The molecule has 1 heterocycles. The van der Waals surface area contributed by atoms with Gasteiger partial charge in [0.2, 0.25) is 0 Å². The number of benzene rings is 2. The Bertz CT molecular complexity index is 787. The van der Waals surface area contributed by atoms with E-state index in [0.29, 0.717) is 17.1 Å². The third-order valence-corrected chi connectivity index (χ3v) is 3.18. The van der Waals surface area contributed by atoms with Gasteiger partial charge in [0.1, 0.15) is 17.2 Å². The van der Waals surface area contributed by atoms with Crippen LogP contribution in [0.15, 0.2) is 72.9 Å². The molecule has 2 aromatic carbocycles. The van der Waals surface area contributed by atoms with Crippen molar-refractivity contribution in [2.45, 2.75) is 0 Å². The zero-order valence-corrected chi connectivity index (χ0v) is 11.8. The van der Waals surface area contributed by atoms with Crippen LogP contribution in [0.1, 0.15) is 10.5 Å². The van der Waals surface area contributed by atoms with E-state index in [1.807, 2.05) is 60.7 Å². The Morgan fingerprint density at radius 3 is 2.18 bits per heavy atom. The van der Waals surface area contributed by atoms with Crippen LogP contribution in [0.25, 0.3) is 11.1 Å². The highest BCUT2D eigenvalue weighted by molar-refractivity contribution is 5.99. The summed E-state index contributed by atoms with van der Waals surface area (Å²) in [6.07, 6.45) is 1.52. The molecular formula is C18H14N2O2. The van der Waals surface area contributed by atoms with Gasteiger partial charge >= 0.3 is 0 Å². The molecule has 0 unspecified atom stereocenters. The quantitative estimate of drug-likeness (QED) is 0.797. The van der Waals surface area contributed by atoms with Crippen molar-refractivity contribution in [2.75, 3.05) is 0 Å². The lowest BCUT2D eigenvalue weighted by Crippen LogP contribution is -2.15. The highest BCUT2D eigenvalue weighted by Crippen LogP contribution is 2.34. The predicted octanol–water partition coefficient (Wildman–Crippen LogP) is 3.64. The Hall–Kier alpha value is -3.14. The van der Waals surface area contributed by atoms with E-state index in [1.54, 1.807) is 6.07 Å². The zero-order valence-electron chi connectivity index (χ0n) is 11.8. The molecule has 1 amide bonds. The summed E-state index contributed by atoms with van der Waals surface area (Å²) in [6.45, 7) is 0. The van der Waals surface area contributed by atoms with Gasteiger partial charge in [0.15, 0.2) is 0 Å². The van der Waals surface area contributed by atoms with Gasteiger partial charge in [0.25, 0.3) is 5.91 Å². The van der Waals surface area contributed by atoms with Crippen LogP contribution in [-0.4, -0.2) is 10.9 Å². The summed E-state index contributed by atoms with van der Waals surface area (Å²) in [5.74, 6) is 0.639. The second-order valence-corrected chi connectivity index (χ2v) is 4.68. The normalized spacial score (nSPS) is 10.2. The average Bonchev–Trinajstić information content (AvgIpc) is 2.56. The van der Waals surface area contributed by atoms with Crippen LogP contribution >= 0.6 is 0 Å². The lowest BCUT2D eigenvalue weighted by atomic mass is 10.0. The standard InChI is InChI=1S/C18H14N2O2/c19-18(21)17-16(13-7-3-1-4-8-13)15(11-12-20-17)22-14-9-5-2-6-10-14/h1-12H,(H2,19,21). The molecule has 0 saturated carbocycles. The van der Waals surface area contributed by atoms with E-state index in [4.69, 9.17) is 10.5 Å². The van der Waals surface area contributed by atoms with Crippen LogP contribution in [0.5, 0.6) is 11.5 Å². The zero-order chi connectivity index (χ0) is 15.4. The maximum atomic E-state index is 11.7. The van der Waals surface area contributed by atoms with Crippen LogP contribution in [0.2, 0.25) is 0 Å². The lowest BCUT2D eigenvalue weighted by molar-refractivity contribution is 0.0996. The molecule has 2 N–H and O–H groups in total. The van der Waals surface area contributed by atoms with Crippen molar-refractivity contribution in [1.82, 2.24) is 4.98 Å². The molecule has 4 nitrogen and oxygen atoms in total. The third-order valence-electron chi connectivity index (χ3n) is 3.18. The van der Waals surface area contributed by atoms with E-state index in [-0.39, 0.29) is 5.69 Å². The topological polar surface area (TPSA) is 65.2 Å². The maximum Gasteiger partial charge on any atom is 0.268 e. The molecule has 3 rings (SSSR count). The van der Waals surface area contributed by atoms with Gasteiger partial charge in [0, 0.05) is 6.20 Å². The van der Waals surface area contributed by atoms with Crippen molar-refractivity contribution in [3.63, 3.8) is 0 Å². The maximum absolute atomic E-state index is 11.7. The number of carbonyl (C=O) groups is 1. The molecule has 0 aliphatic carbocycles. The molecular weight excluding hydrogens is 276 g/mol. The molecule has 108 valence electrons. The van der Waals surface area contributed by atoms with Gasteiger partial charge in [-0.1, -0.05) is 48.5 Å². The number of amides is 1. The highest BCUT2D eigenvalue weighted by Gasteiger charge is 2.17. The fourth-order valence-electron chi connectivity index (χ4n) is 2.22. The number of aromatic nitrogens is 1. The Balaban J connectivity index is 2.14. The van der Waals surface area contributed by atoms with Gasteiger partial charge in [-0.15, -0.1) is 0 Å². The number of hydrogen-bond donors (Lipinski definition) is 1. The van der Waals surface area contributed by atoms with Crippen LogP contribution in [0.4, 0.5) is 0 Å². The van der Waals surface area contributed by atoms with Crippen molar-refractivity contribution < 1.29 is 9.53 Å². The van der Waals surface area contributed by atoms with E-state index >= 15 is 0 Å². The highest BCUT2D eigenvalue weighted by atomic mass is 16.5. The summed E-state index contributed by atoms with van der Waals surface area (Å²) >= 11 is 0. The number of nitrogens with two attached hydrogens (primary N) is 1. The van der Waals surface area contributed by atoms with Crippen molar-refractivity contribution in [3.8, 4) is 22.6 Å². The predicted molar refractivity (Wildman–Crippen MR) is 84.7 cm³/mol. The molecule has 0 aliphatic rings. The van der Waals surface area contributed by atoms with Crippen molar-refractivity contribution in [3.05, 3.63) is 78.6 Å². The number of carbonyl (C=O) groups excluding carboxylic acids is 1. The molecule has 0 fully saturated rings. The first-order chi connectivity index (χ1) is 10.8. The number of pyridine rings is 1. The summed E-state index contributed by atoms with van der Waals surface area (Å²) in [7, 11) is 0. The number of nitrogens with zero attached hydrogens (tertiary/aromatic N) is 1. The minimum absolute atomic E-state index is 0.194. The number of ether oxygens (including phenoxy) is 1. The second-order valence-electron chi connectivity index (χ2n) is 4.68. The summed E-state index contributed by atoms with van der Waals surface area (Å²) in [5.41, 5.74) is 7.08. The molecule has 3 aromatic rings. The minimum Gasteiger partial charge on any atom is -0.457 e. The van der Waals surface area contributed by atoms with Crippen LogP contribution in [0.3, 0.4) is 0 Å². The molecule has 0 radical (unpaired) electrons. The Labute approximate surface area is 128 Å². The molecule has 1 aromatic heterocycles. The minimum atomic E-state index is -0.586. The smallest absolute Gasteiger partial charge is 0.268 e. The largest absolute Gasteiger partial charge is 0.457 e. The van der Waals surface area contributed by atoms with Gasteiger partial charge < -0.3 is 10.5 Å². The summed E-state index contributed by atoms with van der Waals surface area (Å²) in [5, 5.41) is 0. The Morgan fingerprint density at radius 2 is 1.55 bits per heavy atom. The van der Waals surface area contributed by atoms with Crippen LogP contribution < -0.4 is 10.5 Å². The number of rotatable bonds is 4. The van der Waals surface area contributed by atoms with E-state index in [9.17, 15) is 4.79 Å². The van der Waals surface area contributed by atoms with E-state index in [0.717, 1.165) is 5.56 Å². The fraction of sp³-hybridized carbons (Fsp3) is 0. The Kier molecular flexibility index (Phi) is 3.83. The van der Waals surface area contributed by atoms with E-state index in [2.05, 4.69) is 4.98 Å². The van der Waals surface area contributed by atoms with Gasteiger partial charge in [-0.25, -0.2) is 0 Å². The number of para-hydroxylation sites is 1. The van der Waals surface area contributed by atoms with Gasteiger partial charge in [0.05, 0.1) is 5.56 Å². The average molecular weight is 290 g/mol. The van der Waals surface area contributed by atoms with Crippen molar-refractivity contribution in [2.24, 2.45) is 5.73 Å². The lowest BCUT2D eigenvalue weighted by Gasteiger charge is -2.13. The van der Waals surface area contributed by atoms with Gasteiger partial charge in [-0.3, -0.25) is 9.78 Å². The molecule has 0 atom stereocenters. The molecule has 0 aliphatic heterocycles. The van der Waals surface area contributed by atoms with Crippen molar-refractivity contribution >= 4 is 5.91 Å². The SMILES string of the molecule is NC(=O)c1nccc(Oc2ccccc2)c1-c1ccccc1. The van der Waals surface area contributed by atoms with Crippen molar-refractivity contribution in [1.29, 1.82) is 0 Å². The Morgan fingerprint density at radius 1 is 0.909 bits per heavy atom. The van der Waals surface area contributed by atoms with Gasteiger partial charge in [-0.05, 0) is 23.8 Å². The first kappa shape index (κ1) is 13.8. The summed E-state index contributed by atoms with van der Waals surface area (Å²) in [6, 6.07) is 20.6. The summed E-state index contributed by atoms with van der Waals surface area (Å²) < 4.78 is 5.91. The second kappa shape index (κ2) is 6.10. The molecule has 0 bridgehead atoms. The van der Waals surface area contributed by atoms with Gasteiger partial charge in [-0.2, -0.15) is 0 Å². The molecule has 4 heteroatoms.